The minimum absolute atomic E-state index is 0.0612. The van der Waals surface area contributed by atoms with Crippen molar-refractivity contribution in [1.29, 1.82) is 0 Å². The fraction of sp³-hybridized carbons (Fsp3) is 0.562. The predicted octanol–water partition coefficient (Wildman–Crippen LogP) is 1.59. The molecule has 3 N–H and O–H groups in total. The fourth-order valence-corrected chi connectivity index (χ4v) is 2.41. The first kappa shape index (κ1) is 15.8. The second-order valence-electron chi connectivity index (χ2n) is 5.33. The van der Waals surface area contributed by atoms with Gasteiger partial charge in [-0.1, -0.05) is 24.3 Å². The Hall–Kier alpha value is -1.59. The summed E-state index contributed by atoms with van der Waals surface area (Å²) in [4.78, 5) is 11.6. The summed E-state index contributed by atoms with van der Waals surface area (Å²) < 4.78 is 5.50. The molecule has 116 valence electrons. The summed E-state index contributed by atoms with van der Waals surface area (Å²) in [7, 11) is 0. The highest BCUT2D eigenvalue weighted by Crippen LogP contribution is 2.14. The zero-order valence-corrected chi connectivity index (χ0v) is 12.3. The molecule has 0 aliphatic carbocycles. The lowest BCUT2D eigenvalue weighted by Crippen LogP contribution is -2.37. The van der Waals surface area contributed by atoms with Crippen LogP contribution in [0.2, 0.25) is 0 Å². The number of urea groups is 1. The molecule has 1 aliphatic rings. The van der Waals surface area contributed by atoms with Gasteiger partial charge in [-0.05, 0) is 36.8 Å². The number of carbonyl (C=O) groups excluding carboxylic acids is 1. The molecule has 1 saturated heterocycles. The molecule has 0 bridgehead atoms. The lowest BCUT2D eigenvalue weighted by molar-refractivity contribution is 0.104. The highest BCUT2D eigenvalue weighted by molar-refractivity contribution is 5.73. The van der Waals surface area contributed by atoms with E-state index in [9.17, 15) is 4.79 Å². The Kier molecular flexibility index (Phi) is 6.50. The third-order valence-electron chi connectivity index (χ3n) is 3.68. The molecule has 1 fully saturated rings. The molecule has 1 unspecified atom stereocenters. The van der Waals surface area contributed by atoms with Crippen LogP contribution in [0.1, 0.15) is 30.4 Å². The normalized spacial score (nSPS) is 17.7. The van der Waals surface area contributed by atoms with Gasteiger partial charge in [0.25, 0.3) is 0 Å². The van der Waals surface area contributed by atoms with E-state index < -0.39 is 0 Å². The van der Waals surface area contributed by atoms with Crippen molar-refractivity contribution in [1.82, 2.24) is 10.6 Å². The van der Waals surface area contributed by atoms with Gasteiger partial charge in [0.1, 0.15) is 0 Å². The quantitative estimate of drug-likeness (QED) is 0.715. The molecule has 5 heteroatoms. The van der Waals surface area contributed by atoms with Gasteiger partial charge in [-0.2, -0.15) is 0 Å². The average molecular weight is 292 g/mol. The molecule has 5 nitrogen and oxygen atoms in total. The number of aliphatic hydroxyl groups is 1. The zero-order chi connectivity index (χ0) is 14.9. The third-order valence-corrected chi connectivity index (χ3v) is 3.68. The number of hydrogen-bond acceptors (Lipinski definition) is 3. The SMILES string of the molecule is O=C(NCCc1ccc(CO)cc1)NCCC1CCCO1. The van der Waals surface area contributed by atoms with Crippen molar-refractivity contribution in [3.63, 3.8) is 0 Å². The molecular formula is C16H24N2O3. The summed E-state index contributed by atoms with van der Waals surface area (Å²) in [5.74, 6) is 0. The smallest absolute Gasteiger partial charge is 0.314 e. The lowest BCUT2D eigenvalue weighted by Gasteiger charge is -2.11. The van der Waals surface area contributed by atoms with Gasteiger partial charge < -0.3 is 20.5 Å². The second-order valence-corrected chi connectivity index (χ2v) is 5.33. The molecule has 1 aromatic carbocycles. The van der Waals surface area contributed by atoms with Crippen LogP contribution in [-0.2, 0) is 17.8 Å². The van der Waals surface area contributed by atoms with Crippen LogP contribution < -0.4 is 10.6 Å². The van der Waals surface area contributed by atoms with Crippen molar-refractivity contribution in [2.75, 3.05) is 19.7 Å². The standard InChI is InChI=1S/C16H24N2O3/c19-12-14-5-3-13(4-6-14)7-9-17-16(20)18-10-8-15-2-1-11-21-15/h3-6,15,19H,1-2,7-12H2,(H2,17,18,20). The Morgan fingerprint density at radius 2 is 1.90 bits per heavy atom. The van der Waals surface area contributed by atoms with Crippen LogP contribution in [0, 0.1) is 0 Å². The van der Waals surface area contributed by atoms with Crippen molar-refractivity contribution in [3.8, 4) is 0 Å². The molecule has 2 amide bonds. The third kappa shape index (κ3) is 5.73. The van der Waals surface area contributed by atoms with E-state index in [0.29, 0.717) is 19.2 Å². The zero-order valence-electron chi connectivity index (χ0n) is 12.3. The first-order chi connectivity index (χ1) is 10.3. The van der Waals surface area contributed by atoms with Crippen LogP contribution >= 0.6 is 0 Å². The Labute approximate surface area is 125 Å². The maximum atomic E-state index is 11.6. The van der Waals surface area contributed by atoms with E-state index in [2.05, 4.69) is 10.6 Å². The second kappa shape index (κ2) is 8.64. The van der Waals surface area contributed by atoms with Crippen LogP contribution in [0.25, 0.3) is 0 Å². The lowest BCUT2D eigenvalue weighted by atomic mass is 10.1. The van der Waals surface area contributed by atoms with E-state index in [1.165, 1.54) is 0 Å². The van der Waals surface area contributed by atoms with Crippen molar-refractivity contribution in [3.05, 3.63) is 35.4 Å². The molecule has 1 atom stereocenters. The van der Waals surface area contributed by atoms with Gasteiger partial charge in [0.15, 0.2) is 0 Å². The van der Waals surface area contributed by atoms with E-state index in [-0.39, 0.29) is 12.6 Å². The number of rotatable bonds is 7. The van der Waals surface area contributed by atoms with E-state index in [0.717, 1.165) is 43.4 Å². The summed E-state index contributed by atoms with van der Waals surface area (Å²) in [5, 5.41) is 14.7. The molecular weight excluding hydrogens is 268 g/mol. The Balaban J connectivity index is 1.55. The van der Waals surface area contributed by atoms with Crippen molar-refractivity contribution < 1.29 is 14.6 Å². The van der Waals surface area contributed by atoms with E-state index in [4.69, 9.17) is 9.84 Å². The minimum atomic E-state index is -0.125. The summed E-state index contributed by atoms with van der Waals surface area (Å²) in [5.41, 5.74) is 2.05. The number of ether oxygens (including phenoxy) is 1. The van der Waals surface area contributed by atoms with Crippen LogP contribution in [0.4, 0.5) is 4.79 Å². The van der Waals surface area contributed by atoms with Gasteiger partial charge in [-0.15, -0.1) is 0 Å². The monoisotopic (exact) mass is 292 g/mol. The summed E-state index contributed by atoms with van der Waals surface area (Å²) >= 11 is 0. The fourth-order valence-electron chi connectivity index (χ4n) is 2.41. The maximum absolute atomic E-state index is 11.6. The van der Waals surface area contributed by atoms with Gasteiger partial charge >= 0.3 is 6.03 Å². The van der Waals surface area contributed by atoms with Crippen LogP contribution in [-0.4, -0.2) is 36.9 Å². The number of carbonyl (C=O) groups is 1. The first-order valence-electron chi connectivity index (χ1n) is 7.60. The number of aliphatic hydroxyl groups excluding tert-OH is 1. The van der Waals surface area contributed by atoms with Gasteiger partial charge in [-0.25, -0.2) is 4.79 Å². The first-order valence-corrected chi connectivity index (χ1v) is 7.60. The Morgan fingerprint density at radius 3 is 2.57 bits per heavy atom. The van der Waals surface area contributed by atoms with Gasteiger partial charge in [0.2, 0.25) is 0 Å². The molecule has 2 rings (SSSR count). The number of hydrogen-bond donors (Lipinski definition) is 3. The molecule has 1 heterocycles. The maximum Gasteiger partial charge on any atom is 0.314 e. The topological polar surface area (TPSA) is 70.6 Å². The Morgan fingerprint density at radius 1 is 1.19 bits per heavy atom. The summed E-state index contributed by atoms with van der Waals surface area (Å²) in [6, 6.07) is 7.62. The summed E-state index contributed by atoms with van der Waals surface area (Å²) in [6.45, 7) is 2.17. The van der Waals surface area contributed by atoms with E-state index in [1.54, 1.807) is 0 Å². The highest BCUT2D eigenvalue weighted by Gasteiger charge is 2.14. The molecule has 21 heavy (non-hydrogen) atoms. The highest BCUT2D eigenvalue weighted by atomic mass is 16.5. The predicted molar refractivity (Wildman–Crippen MR) is 81.1 cm³/mol. The van der Waals surface area contributed by atoms with Gasteiger partial charge in [0, 0.05) is 19.7 Å². The number of amides is 2. The average Bonchev–Trinajstić information content (AvgIpc) is 3.01. The van der Waals surface area contributed by atoms with Crippen LogP contribution in [0.5, 0.6) is 0 Å². The van der Waals surface area contributed by atoms with Crippen molar-refractivity contribution >= 4 is 6.03 Å². The van der Waals surface area contributed by atoms with Crippen molar-refractivity contribution in [2.45, 2.75) is 38.4 Å². The molecule has 0 saturated carbocycles. The largest absolute Gasteiger partial charge is 0.392 e. The van der Waals surface area contributed by atoms with E-state index >= 15 is 0 Å². The molecule has 0 radical (unpaired) electrons. The molecule has 1 aromatic rings. The summed E-state index contributed by atoms with van der Waals surface area (Å²) in [6.07, 6.45) is 4.22. The van der Waals surface area contributed by atoms with Crippen LogP contribution in [0.3, 0.4) is 0 Å². The van der Waals surface area contributed by atoms with Crippen molar-refractivity contribution in [2.24, 2.45) is 0 Å². The molecule has 0 aromatic heterocycles. The number of benzene rings is 1. The van der Waals surface area contributed by atoms with Gasteiger partial charge in [-0.3, -0.25) is 0 Å². The molecule has 1 aliphatic heterocycles. The van der Waals surface area contributed by atoms with E-state index in [1.807, 2.05) is 24.3 Å². The minimum Gasteiger partial charge on any atom is -0.392 e. The molecule has 0 spiro atoms. The van der Waals surface area contributed by atoms with Crippen LogP contribution in [0.15, 0.2) is 24.3 Å². The number of nitrogens with one attached hydrogen (secondary N) is 2. The Bertz CT molecular complexity index is 428. The van der Waals surface area contributed by atoms with Gasteiger partial charge in [0.05, 0.1) is 12.7 Å².